The van der Waals surface area contributed by atoms with Crippen LogP contribution in [0.3, 0.4) is 0 Å². The summed E-state index contributed by atoms with van der Waals surface area (Å²) in [6.07, 6.45) is 3.11. The van der Waals surface area contributed by atoms with Gasteiger partial charge in [-0.2, -0.15) is 0 Å². The second-order valence-electron chi connectivity index (χ2n) is 8.88. The van der Waals surface area contributed by atoms with Crippen LogP contribution in [0.2, 0.25) is 0 Å². The molecule has 9 nitrogen and oxygen atoms in total. The first-order valence-corrected chi connectivity index (χ1v) is 10.9. The van der Waals surface area contributed by atoms with Gasteiger partial charge in [-0.1, -0.05) is 11.8 Å². The number of aromatic hydroxyl groups is 1. The van der Waals surface area contributed by atoms with Crippen molar-refractivity contribution in [1.29, 1.82) is 0 Å². The molecule has 3 unspecified atom stereocenters. The Morgan fingerprint density at radius 3 is 2.57 bits per heavy atom. The van der Waals surface area contributed by atoms with Gasteiger partial charge in [-0.25, -0.2) is 0 Å². The first-order valence-electron chi connectivity index (χ1n) is 10.9. The molecule has 2 aromatic rings. The van der Waals surface area contributed by atoms with Gasteiger partial charge in [0.1, 0.15) is 22.8 Å². The molecule has 1 saturated carbocycles. The van der Waals surface area contributed by atoms with E-state index in [2.05, 4.69) is 16.8 Å². The van der Waals surface area contributed by atoms with Gasteiger partial charge < -0.3 is 26.2 Å². The molecule has 0 saturated heterocycles. The number of phenolic OH excluding ortho intramolecular Hbond substituents is 1. The second-order valence-corrected chi connectivity index (χ2v) is 8.88. The quantitative estimate of drug-likeness (QED) is 0.304. The number of aromatic nitrogens is 1. The van der Waals surface area contributed by atoms with Gasteiger partial charge in [-0.15, -0.1) is 0 Å². The highest BCUT2D eigenvalue weighted by Crippen LogP contribution is 2.52. The SMILES string of the molecule is NC(=O)C1=C(O)C2(O)C(=O)C3=C(O)c4c(O)ccc(C#Cc5cccnc5)c4CC3CC2CC1=O. The average molecular weight is 472 g/mol. The summed E-state index contributed by atoms with van der Waals surface area (Å²) in [4.78, 5) is 41.6. The van der Waals surface area contributed by atoms with Crippen LogP contribution in [-0.4, -0.2) is 48.5 Å². The summed E-state index contributed by atoms with van der Waals surface area (Å²) < 4.78 is 0. The molecular formula is C26H20N2O7. The van der Waals surface area contributed by atoms with Crippen LogP contribution in [0.15, 0.2) is 53.6 Å². The number of hydrogen-bond donors (Lipinski definition) is 5. The fourth-order valence-electron chi connectivity index (χ4n) is 5.31. The molecule has 5 rings (SSSR count). The van der Waals surface area contributed by atoms with Crippen molar-refractivity contribution in [2.75, 3.05) is 0 Å². The molecule has 1 heterocycles. The zero-order valence-corrected chi connectivity index (χ0v) is 18.3. The summed E-state index contributed by atoms with van der Waals surface area (Å²) in [6, 6.07) is 6.47. The Labute approximate surface area is 199 Å². The molecule has 1 aromatic heterocycles. The lowest BCUT2D eigenvalue weighted by molar-refractivity contribution is -0.147. The normalized spacial score (nSPS) is 25.3. The number of hydrogen-bond acceptors (Lipinski definition) is 8. The third-order valence-electron chi connectivity index (χ3n) is 6.95. The molecule has 176 valence electrons. The summed E-state index contributed by atoms with van der Waals surface area (Å²) in [7, 11) is 0. The first-order chi connectivity index (χ1) is 16.6. The van der Waals surface area contributed by atoms with E-state index in [-0.39, 0.29) is 36.1 Å². The zero-order chi connectivity index (χ0) is 25.1. The van der Waals surface area contributed by atoms with Crippen LogP contribution in [-0.2, 0) is 20.8 Å². The Hall–Kier alpha value is -4.42. The Morgan fingerprint density at radius 2 is 1.89 bits per heavy atom. The average Bonchev–Trinajstić information content (AvgIpc) is 2.81. The number of phenols is 1. The molecule has 1 aromatic carbocycles. The van der Waals surface area contributed by atoms with Crippen LogP contribution in [0.5, 0.6) is 5.75 Å². The monoisotopic (exact) mass is 472 g/mol. The van der Waals surface area contributed by atoms with E-state index < -0.39 is 52.0 Å². The minimum Gasteiger partial charge on any atom is -0.508 e. The fourth-order valence-corrected chi connectivity index (χ4v) is 5.31. The number of amides is 1. The highest BCUT2D eigenvalue weighted by molar-refractivity contribution is 6.22. The molecule has 0 bridgehead atoms. The molecule has 0 radical (unpaired) electrons. The number of aliphatic hydroxyl groups is 3. The summed E-state index contributed by atoms with van der Waals surface area (Å²) in [5.41, 5.74) is 3.33. The number of nitrogens with two attached hydrogens (primary N) is 1. The van der Waals surface area contributed by atoms with E-state index in [9.17, 15) is 34.8 Å². The Balaban J connectivity index is 1.66. The predicted molar refractivity (Wildman–Crippen MR) is 122 cm³/mol. The topological polar surface area (TPSA) is 171 Å². The molecule has 35 heavy (non-hydrogen) atoms. The fraction of sp³-hybridized carbons (Fsp3) is 0.231. The molecule has 3 aliphatic carbocycles. The van der Waals surface area contributed by atoms with Crippen molar-refractivity contribution in [3.63, 3.8) is 0 Å². The van der Waals surface area contributed by atoms with Crippen molar-refractivity contribution in [2.24, 2.45) is 17.6 Å². The largest absolute Gasteiger partial charge is 0.508 e. The van der Waals surface area contributed by atoms with Crippen LogP contribution in [0, 0.1) is 23.7 Å². The highest BCUT2D eigenvalue weighted by atomic mass is 16.3. The van der Waals surface area contributed by atoms with Crippen LogP contribution in [0.4, 0.5) is 0 Å². The number of nitrogens with zero attached hydrogens (tertiary/aromatic N) is 1. The standard InChI is InChI=1S/C26H20N2O7/c27-25(34)21-18(30)10-15-8-14-9-16-13(4-3-12-2-1-7-28-11-12)5-6-17(29)20(16)22(31)19(14)23(32)26(15,35)24(21)33/h1-2,5-7,11,14-15,29,31,33,35H,8-10H2,(H2,27,34). The van der Waals surface area contributed by atoms with Crippen molar-refractivity contribution in [3.05, 3.63) is 75.8 Å². The van der Waals surface area contributed by atoms with E-state index in [0.29, 0.717) is 16.7 Å². The molecule has 1 amide bonds. The predicted octanol–water partition coefficient (Wildman–Crippen LogP) is 1.22. The number of carbonyl (C=O) groups is 3. The van der Waals surface area contributed by atoms with Gasteiger partial charge in [-0.05, 0) is 48.6 Å². The van der Waals surface area contributed by atoms with Crippen molar-refractivity contribution in [1.82, 2.24) is 4.98 Å². The lowest BCUT2D eigenvalue weighted by Gasteiger charge is -2.46. The maximum absolute atomic E-state index is 13.5. The number of fused-ring (bicyclic) bond motifs is 3. The van der Waals surface area contributed by atoms with Crippen LogP contribution in [0.25, 0.3) is 5.76 Å². The summed E-state index contributed by atoms with van der Waals surface area (Å²) in [5.74, 6) is -0.599. The molecule has 9 heteroatoms. The Kier molecular flexibility index (Phi) is 5.00. The number of pyridine rings is 1. The molecule has 3 aliphatic rings. The smallest absolute Gasteiger partial charge is 0.255 e. The van der Waals surface area contributed by atoms with Gasteiger partial charge >= 0.3 is 0 Å². The molecule has 6 N–H and O–H groups in total. The van der Waals surface area contributed by atoms with Gasteiger partial charge in [0, 0.05) is 41.4 Å². The number of carbonyl (C=O) groups excluding carboxylic acids is 3. The zero-order valence-electron chi connectivity index (χ0n) is 18.3. The number of ketones is 2. The first kappa shape index (κ1) is 22.4. The number of benzene rings is 1. The summed E-state index contributed by atoms with van der Waals surface area (Å²) in [6.45, 7) is 0. The summed E-state index contributed by atoms with van der Waals surface area (Å²) in [5, 5.41) is 43.5. The van der Waals surface area contributed by atoms with Crippen LogP contribution in [0.1, 0.15) is 35.1 Å². The Bertz CT molecular complexity index is 1450. The van der Waals surface area contributed by atoms with E-state index in [1.165, 1.54) is 6.07 Å². The van der Waals surface area contributed by atoms with Crippen molar-refractivity contribution in [2.45, 2.75) is 24.9 Å². The molecule has 1 fully saturated rings. The lowest BCUT2D eigenvalue weighted by Crippen LogP contribution is -2.58. The third-order valence-corrected chi connectivity index (χ3v) is 6.95. The van der Waals surface area contributed by atoms with E-state index >= 15 is 0 Å². The lowest BCUT2D eigenvalue weighted by atomic mass is 9.59. The minimum absolute atomic E-state index is 0.00937. The number of aliphatic hydroxyl groups excluding tert-OH is 2. The third kappa shape index (κ3) is 3.22. The number of Topliss-reactive ketones (excluding diaryl/α,β-unsaturated/α-hetero) is 2. The molecule has 0 aliphatic heterocycles. The molecule has 3 atom stereocenters. The van der Waals surface area contributed by atoms with Gasteiger partial charge in [0.25, 0.3) is 5.91 Å². The molecule has 0 spiro atoms. The molecular weight excluding hydrogens is 452 g/mol. The minimum atomic E-state index is -2.58. The van der Waals surface area contributed by atoms with E-state index in [1.807, 2.05) is 0 Å². The van der Waals surface area contributed by atoms with Crippen molar-refractivity contribution >= 4 is 23.2 Å². The summed E-state index contributed by atoms with van der Waals surface area (Å²) >= 11 is 0. The van der Waals surface area contributed by atoms with Gasteiger partial charge in [0.2, 0.25) is 5.78 Å². The van der Waals surface area contributed by atoms with E-state index in [0.717, 1.165) is 0 Å². The Morgan fingerprint density at radius 1 is 1.11 bits per heavy atom. The second kappa shape index (κ2) is 7.82. The number of rotatable bonds is 1. The maximum Gasteiger partial charge on any atom is 0.255 e. The van der Waals surface area contributed by atoms with Crippen LogP contribution < -0.4 is 5.73 Å². The van der Waals surface area contributed by atoms with Gasteiger partial charge in [-0.3, -0.25) is 19.4 Å². The van der Waals surface area contributed by atoms with E-state index in [1.54, 1.807) is 30.6 Å². The van der Waals surface area contributed by atoms with Crippen LogP contribution >= 0.6 is 0 Å². The van der Waals surface area contributed by atoms with E-state index in [4.69, 9.17) is 5.73 Å². The maximum atomic E-state index is 13.5. The number of primary amides is 1. The van der Waals surface area contributed by atoms with Gasteiger partial charge in [0.05, 0.1) is 5.56 Å². The van der Waals surface area contributed by atoms with Crippen molar-refractivity contribution < 1.29 is 34.8 Å². The van der Waals surface area contributed by atoms with Gasteiger partial charge in [0.15, 0.2) is 11.4 Å². The van der Waals surface area contributed by atoms with Crippen molar-refractivity contribution in [3.8, 4) is 17.6 Å². The highest BCUT2D eigenvalue weighted by Gasteiger charge is 2.60.